The number of benzene rings is 3. The monoisotopic (exact) mass is 438 g/mol. The molecule has 6 nitrogen and oxygen atoms in total. The minimum Gasteiger partial charge on any atom is -0.457 e. The zero-order valence-electron chi connectivity index (χ0n) is 18.0. The predicted molar refractivity (Wildman–Crippen MR) is 123 cm³/mol. The number of carbonyl (C=O) groups excluding carboxylic acids is 1. The fourth-order valence-electron chi connectivity index (χ4n) is 2.88. The third-order valence-electron chi connectivity index (χ3n) is 4.55. The summed E-state index contributed by atoms with van der Waals surface area (Å²) in [5.74, 6) is 1.09. The number of anilines is 2. The third-order valence-corrected chi connectivity index (χ3v) is 5.94. The molecule has 0 aliphatic carbocycles. The van der Waals surface area contributed by atoms with E-state index in [2.05, 4.69) is 30.8 Å². The molecular formula is C24H26N2O4S. The van der Waals surface area contributed by atoms with E-state index in [1.54, 1.807) is 24.3 Å². The lowest BCUT2D eigenvalue weighted by Crippen LogP contribution is -2.13. The molecule has 31 heavy (non-hydrogen) atoms. The lowest BCUT2D eigenvalue weighted by molar-refractivity contribution is -0.114. The van der Waals surface area contributed by atoms with Gasteiger partial charge in [0.05, 0.1) is 4.90 Å². The lowest BCUT2D eigenvalue weighted by atomic mass is 9.87. The van der Waals surface area contributed by atoms with E-state index < -0.39 is 10.0 Å². The standard InChI is InChI=1S/C24H26N2O4S/c1-17(27)25-19-9-15-23(16-10-19)31(28,29)26-20-7-13-22(14-8-20)30-21-11-5-18(6-12-21)24(2,3)4/h5-16,26H,1-4H3,(H,25,27). The van der Waals surface area contributed by atoms with Crippen LogP contribution in [0.3, 0.4) is 0 Å². The topological polar surface area (TPSA) is 84.5 Å². The van der Waals surface area contributed by atoms with Crippen molar-refractivity contribution in [3.63, 3.8) is 0 Å². The van der Waals surface area contributed by atoms with Crippen molar-refractivity contribution >= 4 is 27.3 Å². The van der Waals surface area contributed by atoms with Crippen molar-refractivity contribution in [1.82, 2.24) is 0 Å². The molecule has 1 amide bonds. The quantitative estimate of drug-likeness (QED) is 0.529. The summed E-state index contributed by atoms with van der Waals surface area (Å²) >= 11 is 0. The first-order chi connectivity index (χ1) is 14.5. The van der Waals surface area contributed by atoms with Crippen LogP contribution in [0.4, 0.5) is 11.4 Å². The van der Waals surface area contributed by atoms with E-state index in [9.17, 15) is 13.2 Å². The molecule has 0 fully saturated rings. The number of hydrogen-bond acceptors (Lipinski definition) is 4. The molecule has 0 radical (unpaired) electrons. The van der Waals surface area contributed by atoms with Crippen LogP contribution in [-0.2, 0) is 20.2 Å². The molecule has 3 rings (SSSR count). The maximum Gasteiger partial charge on any atom is 0.261 e. The summed E-state index contributed by atoms with van der Waals surface area (Å²) in [6, 6.07) is 20.6. The Labute approximate surface area is 183 Å². The van der Waals surface area contributed by atoms with Gasteiger partial charge in [0.2, 0.25) is 5.91 Å². The Hall–Kier alpha value is -3.32. The van der Waals surface area contributed by atoms with Crippen LogP contribution in [0.2, 0.25) is 0 Å². The highest BCUT2D eigenvalue weighted by Crippen LogP contribution is 2.28. The van der Waals surface area contributed by atoms with Crippen LogP contribution < -0.4 is 14.8 Å². The van der Waals surface area contributed by atoms with E-state index in [1.165, 1.54) is 36.8 Å². The van der Waals surface area contributed by atoms with Crippen molar-refractivity contribution in [2.75, 3.05) is 10.0 Å². The first kappa shape index (κ1) is 22.4. The summed E-state index contributed by atoms with van der Waals surface area (Å²) < 4.78 is 33.6. The highest BCUT2D eigenvalue weighted by Gasteiger charge is 2.15. The molecule has 0 atom stereocenters. The number of carbonyl (C=O) groups is 1. The Morgan fingerprint density at radius 2 is 1.26 bits per heavy atom. The number of nitrogens with one attached hydrogen (secondary N) is 2. The SMILES string of the molecule is CC(=O)Nc1ccc(S(=O)(=O)Nc2ccc(Oc3ccc(C(C)(C)C)cc3)cc2)cc1. The Morgan fingerprint density at radius 1 is 0.774 bits per heavy atom. The largest absolute Gasteiger partial charge is 0.457 e. The number of amides is 1. The van der Waals surface area contributed by atoms with E-state index in [0.717, 1.165) is 0 Å². The molecule has 0 spiro atoms. The van der Waals surface area contributed by atoms with Gasteiger partial charge in [0, 0.05) is 18.3 Å². The van der Waals surface area contributed by atoms with E-state index in [4.69, 9.17) is 4.74 Å². The molecule has 0 heterocycles. The maximum atomic E-state index is 12.6. The Morgan fingerprint density at radius 3 is 1.74 bits per heavy atom. The number of rotatable bonds is 6. The fraction of sp³-hybridized carbons (Fsp3) is 0.208. The van der Waals surface area contributed by atoms with Crippen molar-refractivity contribution in [3.05, 3.63) is 78.4 Å². The van der Waals surface area contributed by atoms with Crippen molar-refractivity contribution in [1.29, 1.82) is 0 Å². The molecule has 3 aromatic rings. The Balaban J connectivity index is 1.66. The minimum absolute atomic E-state index is 0.0710. The molecule has 0 aliphatic heterocycles. The minimum atomic E-state index is -3.75. The van der Waals surface area contributed by atoms with Gasteiger partial charge in [-0.25, -0.2) is 8.42 Å². The third kappa shape index (κ3) is 6.08. The summed E-state index contributed by atoms with van der Waals surface area (Å²) in [4.78, 5) is 11.2. The highest BCUT2D eigenvalue weighted by molar-refractivity contribution is 7.92. The number of hydrogen-bond donors (Lipinski definition) is 2. The van der Waals surface area contributed by atoms with Gasteiger partial charge in [-0.2, -0.15) is 0 Å². The second-order valence-electron chi connectivity index (χ2n) is 8.21. The summed E-state index contributed by atoms with van der Waals surface area (Å²) in [6.07, 6.45) is 0. The van der Waals surface area contributed by atoms with E-state index in [0.29, 0.717) is 22.9 Å². The molecule has 0 aromatic heterocycles. The molecule has 0 saturated carbocycles. The molecule has 0 unspecified atom stereocenters. The summed E-state index contributed by atoms with van der Waals surface area (Å²) in [5, 5.41) is 2.60. The Kier molecular flexibility index (Phi) is 6.36. The lowest BCUT2D eigenvalue weighted by Gasteiger charge is -2.19. The van der Waals surface area contributed by atoms with Crippen LogP contribution in [0, 0.1) is 0 Å². The van der Waals surface area contributed by atoms with Gasteiger partial charge < -0.3 is 10.1 Å². The average molecular weight is 439 g/mol. The maximum absolute atomic E-state index is 12.6. The van der Waals surface area contributed by atoms with Gasteiger partial charge in [0.15, 0.2) is 0 Å². The second kappa shape index (κ2) is 8.81. The number of ether oxygens (including phenoxy) is 1. The van der Waals surface area contributed by atoms with Gasteiger partial charge in [-0.05, 0) is 71.6 Å². The van der Waals surface area contributed by atoms with Crippen LogP contribution in [-0.4, -0.2) is 14.3 Å². The van der Waals surface area contributed by atoms with Crippen molar-refractivity contribution in [3.8, 4) is 11.5 Å². The van der Waals surface area contributed by atoms with Crippen LogP contribution >= 0.6 is 0 Å². The smallest absolute Gasteiger partial charge is 0.261 e. The Bertz CT molecular complexity index is 1150. The molecule has 2 N–H and O–H groups in total. The molecule has 162 valence electrons. The molecule has 7 heteroatoms. The molecular weight excluding hydrogens is 412 g/mol. The highest BCUT2D eigenvalue weighted by atomic mass is 32.2. The van der Waals surface area contributed by atoms with Crippen LogP contribution in [0.25, 0.3) is 0 Å². The van der Waals surface area contributed by atoms with E-state index in [-0.39, 0.29) is 16.2 Å². The first-order valence-corrected chi connectivity index (χ1v) is 11.3. The van der Waals surface area contributed by atoms with Crippen molar-refractivity contribution in [2.45, 2.75) is 38.0 Å². The van der Waals surface area contributed by atoms with Crippen LogP contribution in [0.15, 0.2) is 77.7 Å². The van der Waals surface area contributed by atoms with Crippen molar-refractivity contribution < 1.29 is 17.9 Å². The zero-order chi connectivity index (χ0) is 22.6. The van der Waals surface area contributed by atoms with Crippen LogP contribution in [0.1, 0.15) is 33.3 Å². The fourth-order valence-corrected chi connectivity index (χ4v) is 3.94. The average Bonchev–Trinajstić information content (AvgIpc) is 2.69. The molecule has 0 saturated heterocycles. The van der Waals surface area contributed by atoms with Gasteiger partial charge in [-0.15, -0.1) is 0 Å². The van der Waals surface area contributed by atoms with Gasteiger partial charge in [-0.3, -0.25) is 9.52 Å². The van der Waals surface area contributed by atoms with E-state index >= 15 is 0 Å². The normalized spacial score (nSPS) is 11.6. The molecule has 0 bridgehead atoms. The summed E-state index contributed by atoms with van der Waals surface area (Å²) in [7, 11) is -3.75. The molecule has 0 aliphatic rings. The summed E-state index contributed by atoms with van der Waals surface area (Å²) in [5.41, 5.74) is 2.24. The van der Waals surface area contributed by atoms with Crippen molar-refractivity contribution in [2.24, 2.45) is 0 Å². The predicted octanol–water partition coefficient (Wildman–Crippen LogP) is 5.54. The van der Waals surface area contributed by atoms with Crippen LogP contribution in [0.5, 0.6) is 11.5 Å². The molecule has 3 aromatic carbocycles. The summed E-state index contributed by atoms with van der Waals surface area (Å²) in [6.45, 7) is 7.85. The van der Waals surface area contributed by atoms with Gasteiger partial charge in [-0.1, -0.05) is 32.9 Å². The number of sulfonamides is 1. The van der Waals surface area contributed by atoms with Gasteiger partial charge in [0.1, 0.15) is 11.5 Å². The zero-order valence-corrected chi connectivity index (χ0v) is 18.8. The second-order valence-corrected chi connectivity index (χ2v) is 9.89. The van der Waals surface area contributed by atoms with Gasteiger partial charge >= 0.3 is 0 Å². The first-order valence-electron chi connectivity index (χ1n) is 9.82. The van der Waals surface area contributed by atoms with Gasteiger partial charge in [0.25, 0.3) is 10.0 Å². The van der Waals surface area contributed by atoms with E-state index in [1.807, 2.05) is 24.3 Å².